The van der Waals surface area contributed by atoms with E-state index in [-0.39, 0.29) is 10.7 Å². The highest BCUT2D eigenvalue weighted by molar-refractivity contribution is 9.10. The summed E-state index contributed by atoms with van der Waals surface area (Å²) in [6.07, 6.45) is 1.46. The second-order valence-corrected chi connectivity index (χ2v) is 6.68. The molecule has 8 heteroatoms. The first kappa shape index (κ1) is 14.8. The fraction of sp³-hybridized carbons (Fsp3) is 0.0833. The van der Waals surface area contributed by atoms with Crippen LogP contribution in [0.3, 0.4) is 0 Å². The summed E-state index contributed by atoms with van der Waals surface area (Å²) in [6, 6.07) is 8.25. The zero-order valence-electron chi connectivity index (χ0n) is 10.6. The predicted molar refractivity (Wildman–Crippen MR) is 81.7 cm³/mol. The van der Waals surface area contributed by atoms with Gasteiger partial charge < -0.3 is 5.43 Å². The third-order valence-electron chi connectivity index (χ3n) is 2.49. The van der Waals surface area contributed by atoms with Crippen molar-refractivity contribution in [2.75, 3.05) is 10.1 Å². The van der Waals surface area contributed by atoms with Crippen LogP contribution in [0.5, 0.6) is 0 Å². The van der Waals surface area contributed by atoms with Crippen LogP contribution in [-0.2, 0) is 10.0 Å². The summed E-state index contributed by atoms with van der Waals surface area (Å²) >= 11 is 3.33. The van der Waals surface area contributed by atoms with Gasteiger partial charge in [-0.2, -0.15) is 0 Å². The zero-order valence-corrected chi connectivity index (χ0v) is 13.0. The number of nitrogens with zero attached hydrogens (tertiary/aromatic N) is 1. The van der Waals surface area contributed by atoms with E-state index < -0.39 is 10.0 Å². The number of aryl methyl sites for hydroxylation is 1. The van der Waals surface area contributed by atoms with Crippen LogP contribution < -0.4 is 16.0 Å². The third kappa shape index (κ3) is 3.27. The second-order valence-electron chi connectivity index (χ2n) is 4.12. The van der Waals surface area contributed by atoms with E-state index in [0.29, 0.717) is 5.69 Å². The average Bonchev–Trinajstić information content (AvgIpc) is 2.36. The Labute approximate surface area is 125 Å². The molecule has 106 valence electrons. The normalized spacial score (nSPS) is 11.2. The first-order valence-electron chi connectivity index (χ1n) is 5.64. The van der Waals surface area contributed by atoms with Gasteiger partial charge in [-0.05, 0) is 42.8 Å². The number of hydrazine groups is 1. The molecule has 0 atom stereocenters. The molecule has 0 aliphatic rings. The summed E-state index contributed by atoms with van der Waals surface area (Å²) in [6.45, 7) is 1.87. The van der Waals surface area contributed by atoms with Crippen LogP contribution in [0.1, 0.15) is 5.56 Å². The third-order valence-corrected chi connectivity index (χ3v) is 4.36. The Morgan fingerprint density at radius 1 is 1.30 bits per heavy atom. The molecule has 0 unspecified atom stereocenters. The lowest BCUT2D eigenvalue weighted by atomic mass is 10.2. The second kappa shape index (κ2) is 5.78. The lowest BCUT2D eigenvalue weighted by Gasteiger charge is -2.11. The van der Waals surface area contributed by atoms with Crippen molar-refractivity contribution in [3.63, 3.8) is 0 Å². The SMILES string of the molecule is Cc1cc(Br)cc(NS(=O)(=O)c2cccnc2NN)c1. The van der Waals surface area contributed by atoms with Crippen LogP contribution in [0.4, 0.5) is 11.5 Å². The predicted octanol–water partition coefficient (Wildman–Crippen LogP) is 2.24. The van der Waals surface area contributed by atoms with Crippen LogP contribution in [0.15, 0.2) is 45.9 Å². The number of anilines is 2. The molecule has 0 bridgehead atoms. The molecular formula is C12H13BrN4O2S. The first-order chi connectivity index (χ1) is 9.42. The molecule has 1 aromatic carbocycles. The molecule has 0 amide bonds. The van der Waals surface area contributed by atoms with Crippen LogP contribution in [0.25, 0.3) is 0 Å². The van der Waals surface area contributed by atoms with Gasteiger partial charge >= 0.3 is 0 Å². The number of pyridine rings is 1. The molecule has 0 saturated heterocycles. The summed E-state index contributed by atoms with van der Waals surface area (Å²) in [5, 5.41) is 0. The van der Waals surface area contributed by atoms with E-state index in [2.05, 4.69) is 31.1 Å². The fourth-order valence-corrected chi connectivity index (χ4v) is 3.49. The van der Waals surface area contributed by atoms with Crippen molar-refractivity contribution in [1.82, 2.24) is 4.98 Å². The number of rotatable bonds is 4. The molecule has 2 rings (SSSR count). The van der Waals surface area contributed by atoms with Crippen molar-refractivity contribution in [2.24, 2.45) is 5.84 Å². The van der Waals surface area contributed by atoms with Crippen LogP contribution in [0, 0.1) is 6.92 Å². The van der Waals surface area contributed by atoms with Crippen LogP contribution in [0.2, 0.25) is 0 Å². The quantitative estimate of drug-likeness (QED) is 0.576. The molecule has 0 spiro atoms. The molecule has 2 aromatic rings. The zero-order chi connectivity index (χ0) is 14.8. The molecule has 0 aliphatic heterocycles. The Bertz CT molecular complexity index is 714. The number of sulfonamides is 1. The number of nitrogen functional groups attached to an aromatic ring is 1. The van der Waals surface area contributed by atoms with Crippen LogP contribution >= 0.6 is 15.9 Å². The van der Waals surface area contributed by atoms with Crippen LogP contribution in [-0.4, -0.2) is 13.4 Å². The maximum Gasteiger partial charge on any atom is 0.265 e. The summed E-state index contributed by atoms with van der Waals surface area (Å²) < 4.78 is 28.0. The Morgan fingerprint density at radius 2 is 2.05 bits per heavy atom. The number of hydrogen-bond acceptors (Lipinski definition) is 5. The van der Waals surface area contributed by atoms with E-state index in [4.69, 9.17) is 5.84 Å². The van der Waals surface area contributed by atoms with Gasteiger partial charge in [0.25, 0.3) is 10.0 Å². The van der Waals surface area contributed by atoms with Gasteiger partial charge in [-0.1, -0.05) is 15.9 Å². The summed E-state index contributed by atoms with van der Waals surface area (Å²) in [5.74, 6) is 5.37. The number of benzene rings is 1. The Balaban J connectivity index is 2.41. The summed E-state index contributed by atoms with van der Waals surface area (Å²) in [4.78, 5) is 3.86. The van der Waals surface area contributed by atoms with Gasteiger partial charge in [0.2, 0.25) is 0 Å². The van der Waals surface area contributed by atoms with Gasteiger partial charge in [0.15, 0.2) is 5.82 Å². The molecule has 6 nitrogen and oxygen atoms in total. The van der Waals surface area contributed by atoms with E-state index in [1.54, 1.807) is 12.1 Å². The van der Waals surface area contributed by atoms with Crippen molar-refractivity contribution in [1.29, 1.82) is 0 Å². The molecule has 0 radical (unpaired) electrons. The molecular weight excluding hydrogens is 344 g/mol. The average molecular weight is 357 g/mol. The lowest BCUT2D eigenvalue weighted by Crippen LogP contribution is -2.18. The van der Waals surface area contributed by atoms with E-state index in [0.717, 1.165) is 10.0 Å². The van der Waals surface area contributed by atoms with Gasteiger partial charge in [0.05, 0.1) is 5.69 Å². The van der Waals surface area contributed by atoms with Crippen molar-refractivity contribution >= 4 is 37.5 Å². The van der Waals surface area contributed by atoms with Gasteiger partial charge in [-0.25, -0.2) is 19.2 Å². The number of nitrogens with two attached hydrogens (primary N) is 1. The standard InChI is InChI=1S/C12H13BrN4O2S/c1-8-5-9(13)7-10(6-8)17-20(18,19)11-3-2-4-15-12(11)16-14/h2-7,17H,14H2,1H3,(H,15,16). The van der Waals surface area contributed by atoms with E-state index in [9.17, 15) is 8.42 Å². The minimum atomic E-state index is -3.77. The van der Waals surface area contributed by atoms with Crippen molar-refractivity contribution < 1.29 is 8.42 Å². The van der Waals surface area contributed by atoms with Gasteiger partial charge in [-0.3, -0.25) is 4.72 Å². The maximum absolute atomic E-state index is 12.3. The van der Waals surface area contributed by atoms with E-state index in [1.807, 2.05) is 13.0 Å². The minimum absolute atomic E-state index is 0.0138. The molecule has 20 heavy (non-hydrogen) atoms. The molecule has 1 aromatic heterocycles. The molecule has 0 fully saturated rings. The Kier molecular flexibility index (Phi) is 4.26. The van der Waals surface area contributed by atoms with Crippen molar-refractivity contribution in [3.8, 4) is 0 Å². The van der Waals surface area contributed by atoms with Gasteiger partial charge in [0.1, 0.15) is 4.90 Å². The smallest absolute Gasteiger partial charge is 0.265 e. The molecule has 1 heterocycles. The fourth-order valence-electron chi connectivity index (χ4n) is 1.72. The number of aromatic nitrogens is 1. The van der Waals surface area contributed by atoms with Crippen molar-refractivity contribution in [3.05, 3.63) is 46.6 Å². The first-order valence-corrected chi connectivity index (χ1v) is 7.91. The Morgan fingerprint density at radius 3 is 2.70 bits per heavy atom. The number of halogens is 1. The largest absolute Gasteiger partial charge is 0.307 e. The van der Waals surface area contributed by atoms with E-state index >= 15 is 0 Å². The molecule has 4 N–H and O–H groups in total. The summed E-state index contributed by atoms with van der Waals surface area (Å²) in [7, 11) is -3.77. The van der Waals surface area contributed by atoms with Gasteiger partial charge in [-0.15, -0.1) is 0 Å². The minimum Gasteiger partial charge on any atom is -0.307 e. The number of hydrogen-bond donors (Lipinski definition) is 3. The maximum atomic E-state index is 12.3. The highest BCUT2D eigenvalue weighted by Crippen LogP contribution is 2.24. The van der Waals surface area contributed by atoms with Crippen molar-refractivity contribution in [2.45, 2.75) is 11.8 Å². The molecule has 0 saturated carbocycles. The van der Waals surface area contributed by atoms with Gasteiger partial charge in [0, 0.05) is 10.7 Å². The monoisotopic (exact) mass is 356 g/mol. The van der Waals surface area contributed by atoms with E-state index in [1.165, 1.54) is 18.3 Å². The Hall–Kier alpha value is -1.64. The molecule has 0 aliphatic carbocycles. The lowest BCUT2D eigenvalue weighted by molar-refractivity contribution is 0.601. The highest BCUT2D eigenvalue weighted by atomic mass is 79.9. The highest BCUT2D eigenvalue weighted by Gasteiger charge is 2.19. The number of nitrogens with one attached hydrogen (secondary N) is 2. The topological polar surface area (TPSA) is 97.1 Å². The summed E-state index contributed by atoms with van der Waals surface area (Å²) in [5.41, 5.74) is 3.66.